The van der Waals surface area contributed by atoms with E-state index in [0.717, 1.165) is 6.26 Å². The van der Waals surface area contributed by atoms with Gasteiger partial charge in [0, 0.05) is 13.6 Å². The molecule has 0 atom stereocenters. The first-order chi connectivity index (χ1) is 9.20. The van der Waals surface area contributed by atoms with Crippen molar-refractivity contribution in [1.29, 1.82) is 0 Å². The third-order valence-corrected chi connectivity index (χ3v) is 3.05. The number of carbonyl (C=O) groups excluding carboxylic acids is 1. The second kappa shape index (κ2) is 6.38. The summed E-state index contributed by atoms with van der Waals surface area (Å²) in [6.07, 6.45) is 0.812. The first-order valence-corrected chi connectivity index (χ1v) is 7.64. The maximum absolute atomic E-state index is 12.2. The molecule has 7 nitrogen and oxygen atoms in total. The molecule has 110 valence electrons. The van der Waals surface area contributed by atoms with Crippen LogP contribution in [0.3, 0.4) is 0 Å². The van der Waals surface area contributed by atoms with Crippen molar-refractivity contribution in [3.63, 3.8) is 0 Å². The number of rotatable bonds is 6. The predicted octanol–water partition coefficient (Wildman–Crippen LogP) is 0.605. The smallest absolute Gasteiger partial charge is 0.305 e. The zero-order chi connectivity index (χ0) is 15.3. The van der Waals surface area contributed by atoms with Crippen LogP contribution in [0.5, 0.6) is 0 Å². The highest BCUT2D eigenvalue weighted by molar-refractivity contribution is 7.92. The summed E-state index contributed by atoms with van der Waals surface area (Å²) in [5.41, 5.74) is 0.341. The number of amides is 1. The van der Waals surface area contributed by atoms with Crippen LogP contribution in [0.15, 0.2) is 24.3 Å². The number of sulfonamides is 1. The van der Waals surface area contributed by atoms with Crippen molar-refractivity contribution in [2.45, 2.75) is 6.42 Å². The lowest BCUT2D eigenvalue weighted by Gasteiger charge is -2.18. The molecule has 0 aliphatic carbocycles. The van der Waals surface area contributed by atoms with E-state index in [1.807, 2.05) is 0 Å². The Labute approximate surface area is 117 Å². The quantitative estimate of drug-likeness (QED) is 0.801. The normalized spacial score (nSPS) is 10.9. The Hall–Kier alpha value is -2.09. The first-order valence-electron chi connectivity index (χ1n) is 5.75. The molecule has 1 aromatic rings. The third kappa shape index (κ3) is 4.88. The molecule has 0 heterocycles. The maximum Gasteiger partial charge on any atom is 0.305 e. The van der Waals surface area contributed by atoms with Crippen molar-refractivity contribution in [1.82, 2.24) is 4.90 Å². The highest BCUT2D eigenvalue weighted by Crippen LogP contribution is 2.18. The molecule has 0 aliphatic rings. The number of nitrogens with one attached hydrogen (secondary N) is 1. The van der Waals surface area contributed by atoms with Gasteiger partial charge in [0.25, 0.3) is 5.91 Å². The molecule has 1 rings (SSSR count). The van der Waals surface area contributed by atoms with Crippen LogP contribution in [0.2, 0.25) is 0 Å². The van der Waals surface area contributed by atoms with Gasteiger partial charge in [-0.15, -0.1) is 0 Å². The van der Waals surface area contributed by atoms with Crippen molar-refractivity contribution in [3.8, 4) is 0 Å². The van der Waals surface area contributed by atoms with Crippen LogP contribution in [0, 0.1) is 0 Å². The standard InChI is InChI=1S/C12H16N2O5S/c1-14(8-7-11(15)16)12(17)9-5-3-4-6-10(9)13-20(2,18)19/h3-6,13H,7-8H2,1-2H3,(H,15,16). The minimum absolute atomic E-state index is 0.0430. The van der Waals surface area contributed by atoms with Gasteiger partial charge in [-0.1, -0.05) is 12.1 Å². The van der Waals surface area contributed by atoms with Gasteiger partial charge in [0.1, 0.15) is 0 Å². The number of hydrogen-bond donors (Lipinski definition) is 2. The summed E-state index contributed by atoms with van der Waals surface area (Å²) >= 11 is 0. The minimum Gasteiger partial charge on any atom is -0.481 e. The van der Waals surface area contributed by atoms with Crippen molar-refractivity contribution in [2.24, 2.45) is 0 Å². The second-order valence-electron chi connectivity index (χ2n) is 4.29. The number of para-hydroxylation sites is 1. The van der Waals surface area contributed by atoms with E-state index in [1.54, 1.807) is 12.1 Å². The van der Waals surface area contributed by atoms with Crippen LogP contribution in [0.25, 0.3) is 0 Å². The van der Waals surface area contributed by atoms with Gasteiger partial charge >= 0.3 is 5.97 Å². The van der Waals surface area contributed by atoms with Gasteiger partial charge in [-0.05, 0) is 12.1 Å². The van der Waals surface area contributed by atoms with Crippen molar-refractivity contribution in [3.05, 3.63) is 29.8 Å². The zero-order valence-electron chi connectivity index (χ0n) is 11.2. The number of anilines is 1. The molecule has 0 unspecified atom stereocenters. The van der Waals surface area contributed by atoms with E-state index in [2.05, 4.69) is 4.72 Å². The van der Waals surface area contributed by atoms with Crippen LogP contribution in [0.4, 0.5) is 5.69 Å². The fraction of sp³-hybridized carbons (Fsp3) is 0.333. The summed E-state index contributed by atoms with van der Waals surface area (Å²) < 4.78 is 24.8. The van der Waals surface area contributed by atoms with Gasteiger partial charge in [-0.2, -0.15) is 0 Å². The molecule has 1 amide bonds. The van der Waals surface area contributed by atoms with Crippen LogP contribution in [-0.2, 0) is 14.8 Å². The average molecular weight is 300 g/mol. The molecular formula is C12H16N2O5S. The Morgan fingerprint density at radius 2 is 1.90 bits per heavy atom. The summed E-state index contributed by atoms with van der Waals surface area (Å²) in [5, 5.41) is 8.59. The van der Waals surface area contributed by atoms with Crippen molar-refractivity contribution >= 4 is 27.6 Å². The SMILES string of the molecule is CN(CCC(=O)O)C(=O)c1ccccc1NS(C)(=O)=O. The second-order valence-corrected chi connectivity index (χ2v) is 6.04. The first kappa shape index (κ1) is 16.0. The summed E-state index contributed by atoms with van der Waals surface area (Å²) in [6.45, 7) is 0.0430. The third-order valence-electron chi connectivity index (χ3n) is 2.46. The summed E-state index contributed by atoms with van der Waals surface area (Å²) in [4.78, 5) is 23.9. The Kier molecular flexibility index (Phi) is 5.09. The van der Waals surface area contributed by atoms with E-state index in [9.17, 15) is 18.0 Å². The molecule has 0 saturated heterocycles. The molecule has 0 aliphatic heterocycles. The molecule has 0 radical (unpaired) electrons. The van der Waals surface area contributed by atoms with Crippen LogP contribution in [-0.4, -0.2) is 50.1 Å². The van der Waals surface area contributed by atoms with E-state index in [1.165, 1.54) is 24.1 Å². The lowest BCUT2D eigenvalue weighted by Crippen LogP contribution is -2.30. The number of benzene rings is 1. The Morgan fingerprint density at radius 3 is 2.45 bits per heavy atom. The topological polar surface area (TPSA) is 104 Å². The number of carboxylic acids is 1. The van der Waals surface area contributed by atoms with Gasteiger partial charge in [-0.25, -0.2) is 8.42 Å². The summed E-state index contributed by atoms with van der Waals surface area (Å²) in [6, 6.07) is 6.15. The molecular weight excluding hydrogens is 284 g/mol. The lowest BCUT2D eigenvalue weighted by molar-refractivity contribution is -0.137. The van der Waals surface area contributed by atoms with Crippen LogP contribution >= 0.6 is 0 Å². The minimum atomic E-state index is -3.50. The molecule has 2 N–H and O–H groups in total. The van der Waals surface area contributed by atoms with Crippen molar-refractivity contribution < 1.29 is 23.1 Å². The summed E-state index contributed by atoms with van der Waals surface area (Å²) in [7, 11) is -2.04. The van der Waals surface area contributed by atoms with E-state index < -0.39 is 21.9 Å². The molecule has 0 bridgehead atoms. The predicted molar refractivity (Wildman–Crippen MR) is 74.1 cm³/mol. The Morgan fingerprint density at radius 1 is 1.30 bits per heavy atom. The highest BCUT2D eigenvalue weighted by atomic mass is 32.2. The Balaban J connectivity index is 2.95. The number of aliphatic carboxylic acids is 1. The zero-order valence-corrected chi connectivity index (χ0v) is 12.0. The van der Waals surface area contributed by atoms with Crippen LogP contribution in [0.1, 0.15) is 16.8 Å². The molecule has 0 saturated carbocycles. The maximum atomic E-state index is 12.2. The number of nitrogens with zero attached hydrogens (tertiary/aromatic N) is 1. The lowest BCUT2D eigenvalue weighted by atomic mass is 10.1. The Bertz CT molecular complexity index is 612. The molecule has 8 heteroatoms. The number of carbonyl (C=O) groups is 2. The van der Waals surface area contributed by atoms with Gasteiger partial charge in [0.15, 0.2) is 0 Å². The van der Waals surface area contributed by atoms with E-state index in [0.29, 0.717) is 0 Å². The van der Waals surface area contributed by atoms with E-state index in [-0.39, 0.29) is 24.2 Å². The van der Waals surface area contributed by atoms with Crippen LogP contribution < -0.4 is 4.72 Å². The van der Waals surface area contributed by atoms with Gasteiger partial charge in [0.05, 0.1) is 23.9 Å². The molecule has 1 aromatic carbocycles. The van der Waals surface area contributed by atoms with E-state index >= 15 is 0 Å². The fourth-order valence-corrected chi connectivity index (χ4v) is 2.11. The monoisotopic (exact) mass is 300 g/mol. The molecule has 0 spiro atoms. The van der Waals surface area contributed by atoms with Gasteiger partial charge < -0.3 is 10.0 Å². The largest absolute Gasteiger partial charge is 0.481 e. The van der Waals surface area contributed by atoms with Gasteiger partial charge in [-0.3, -0.25) is 14.3 Å². The number of hydrogen-bond acceptors (Lipinski definition) is 4. The van der Waals surface area contributed by atoms with E-state index in [4.69, 9.17) is 5.11 Å². The summed E-state index contributed by atoms with van der Waals surface area (Å²) in [5.74, 6) is -1.45. The molecule has 0 aromatic heterocycles. The molecule has 0 fully saturated rings. The highest BCUT2D eigenvalue weighted by Gasteiger charge is 2.17. The number of carboxylic acid groups (broad SMARTS) is 1. The fourth-order valence-electron chi connectivity index (χ4n) is 1.53. The van der Waals surface area contributed by atoms with Crippen molar-refractivity contribution in [2.75, 3.05) is 24.6 Å². The van der Waals surface area contributed by atoms with Gasteiger partial charge in [0.2, 0.25) is 10.0 Å². The average Bonchev–Trinajstić information content (AvgIpc) is 2.33. The molecule has 20 heavy (non-hydrogen) atoms.